The number of ether oxygens (including phenoxy) is 1. The number of methoxy groups -OCH3 is 1. The van der Waals surface area contributed by atoms with Gasteiger partial charge in [-0.1, -0.05) is 18.2 Å². The van der Waals surface area contributed by atoms with Crippen LogP contribution in [0, 0.1) is 0 Å². The second-order valence-corrected chi connectivity index (χ2v) is 7.94. The summed E-state index contributed by atoms with van der Waals surface area (Å²) in [5.74, 6) is 1.39. The zero-order valence-corrected chi connectivity index (χ0v) is 19.1. The highest BCUT2D eigenvalue weighted by atomic mass is 19.4. The number of nitrogens with zero attached hydrogens (tertiary/aromatic N) is 6. The largest absolute Gasteiger partial charge is 0.481 e. The molecule has 182 valence electrons. The number of aromatic nitrogens is 6. The Kier molecular flexibility index (Phi) is 6.19. The lowest BCUT2D eigenvalue weighted by atomic mass is 10.1. The van der Waals surface area contributed by atoms with Crippen LogP contribution in [0.2, 0.25) is 0 Å². The van der Waals surface area contributed by atoms with Gasteiger partial charge in [0.25, 0.3) is 0 Å². The van der Waals surface area contributed by atoms with Crippen LogP contribution >= 0.6 is 0 Å². The average Bonchev–Trinajstić information content (AvgIpc) is 3.30. The Hall–Kier alpha value is -4.54. The SMILES string of the molecule is COc1ccc(-c2nc(NCc3cccnc3)c3ncn(Cc4ccc(C(F)(F)F)cc4)c3n2)cn1. The molecule has 4 heterocycles. The van der Waals surface area contributed by atoms with Crippen molar-refractivity contribution < 1.29 is 17.9 Å². The molecule has 0 bridgehead atoms. The van der Waals surface area contributed by atoms with Crippen molar-refractivity contribution in [1.29, 1.82) is 0 Å². The van der Waals surface area contributed by atoms with E-state index >= 15 is 0 Å². The topological polar surface area (TPSA) is 90.6 Å². The predicted molar refractivity (Wildman–Crippen MR) is 127 cm³/mol. The maximum absolute atomic E-state index is 12.9. The monoisotopic (exact) mass is 491 g/mol. The third-order valence-corrected chi connectivity index (χ3v) is 5.48. The second-order valence-electron chi connectivity index (χ2n) is 7.94. The van der Waals surface area contributed by atoms with E-state index in [4.69, 9.17) is 9.72 Å². The van der Waals surface area contributed by atoms with Gasteiger partial charge in [-0.05, 0) is 35.4 Å². The van der Waals surface area contributed by atoms with Gasteiger partial charge in [0.05, 0.1) is 25.5 Å². The highest BCUT2D eigenvalue weighted by Gasteiger charge is 2.30. The zero-order valence-electron chi connectivity index (χ0n) is 19.1. The van der Waals surface area contributed by atoms with E-state index in [0.29, 0.717) is 46.4 Å². The Morgan fingerprint density at radius 2 is 1.78 bits per heavy atom. The summed E-state index contributed by atoms with van der Waals surface area (Å²) < 4.78 is 45.7. The van der Waals surface area contributed by atoms with Crippen LogP contribution in [0.1, 0.15) is 16.7 Å². The van der Waals surface area contributed by atoms with Crippen molar-refractivity contribution in [1.82, 2.24) is 29.5 Å². The van der Waals surface area contributed by atoms with Crippen LogP contribution in [0.4, 0.5) is 19.0 Å². The molecule has 0 amide bonds. The number of pyridine rings is 2. The fourth-order valence-corrected chi connectivity index (χ4v) is 3.63. The van der Waals surface area contributed by atoms with E-state index in [-0.39, 0.29) is 6.54 Å². The molecule has 36 heavy (non-hydrogen) atoms. The van der Waals surface area contributed by atoms with Gasteiger partial charge in [0.15, 0.2) is 17.3 Å². The minimum atomic E-state index is -4.39. The van der Waals surface area contributed by atoms with Crippen molar-refractivity contribution >= 4 is 17.0 Å². The maximum Gasteiger partial charge on any atom is 0.416 e. The number of halogens is 3. The fraction of sp³-hybridized carbons (Fsp3) is 0.160. The minimum absolute atomic E-state index is 0.286. The minimum Gasteiger partial charge on any atom is -0.481 e. The van der Waals surface area contributed by atoms with Crippen LogP contribution in [-0.4, -0.2) is 36.6 Å². The summed E-state index contributed by atoms with van der Waals surface area (Å²) in [7, 11) is 1.53. The van der Waals surface area contributed by atoms with Crippen LogP contribution in [0.25, 0.3) is 22.6 Å². The fourth-order valence-electron chi connectivity index (χ4n) is 3.63. The Balaban J connectivity index is 1.52. The van der Waals surface area contributed by atoms with Gasteiger partial charge in [0.2, 0.25) is 5.88 Å². The summed E-state index contributed by atoms with van der Waals surface area (Å²) in [5, 5.41) is 3.30. The van der Waals surface area contributed by atoms with Gasteiger partial charge in [-0.15, -0.1) is 0 Å². The van der Waals surface area contributed by atoms with Crippen molar-refractivity contribution in [3.63, 3.8) is 0 Å². The normalized spacial score (nSPS) is 11.6. The Bertz CT molecular complexity index is 1470. The van der Waals surface area contributed by atoms with Gasteiger partial charge >= 0.3 is 6.18 Å². The summed E-state index contributed by atoms with van der Waals surface area (Å²) in [5.41, 5.74) is 2.68. The van der Waals surface area contributed by atoms with E-state index in [1.165, 1.54) is 19.2 Å². The van der Waals surface area contributed by atoms with E-state index in [9.17, 15) is 13.2 Å². The highest BCUT2D eigenvalue weighted by Crippen LogP contribution is 2.30. The van der Waals surface area contributed by atoms with Crippen molar-refractivity contribution in [2.75, 3.05) is 12.4 Å². The predicted octanol–water partition coefficient (Wildman–Crippen LogP) is 4.97. The molecule has 4 aromatic heterocycles. The first-order chi connectivity index (χ1) is 17.4. The Morgan fingerprint density at radius 1 is 0.944 bits per heavy atom. The number of benzene rings is 1. The number of hydrogen-bond acceptors (Lipinski definition) is 7. The molecule has 0 saturated heterocycles. The molecule has 0 atom stereocenters. The van der Waals surface area contributed by atoms with Crippen molar-refractivity contribution in [3.05, 3.63) is 90.1 Å². The number of rotatable bonds is 7. The highest BCUT2D eigenvalue weighted by molar-refractivity contribution is 5.85. The van der Waals surface area contributed by atoms with Crippen LogP contribution < -0.4 is 10.1 Å². The van der Waals surface area contributed by atoms with E-state index < -0.39 is 11.7 Å². The molecule has 0 aliphatic rings. The van der Waals surface area contributed by atoms with Crippen LogP contribution in [0.15, 0.2) is 73.4 Å². The standard InChI is InChI=1S/C25H20F3N7O/c1-36-20-9-6-18(13-30-20)22-33-23(31-12-17-3-2-10-29-11-17)21-24(34-22)35(15-32-21)14-16-4-7-19(8-5-16)25(26,27)28/h2-11,13,15H,12,14H2,1H3,(H,31,33,34). The first-order valence-electron chi connectivity index (χ1n) is 10.9. The van der Waals surface area contributed by atoms with Gasteiger partial charge in [0.1, 0.15) is 5.52 Å². The van der Waals surface area contributed by atoms with Crippen molar-refractivity contribution in [2.45, 2.75) is 19.3 Å². The van der Waals surface area contributed by atoms with E-state index in [1.807, 2.05) is 12.1 Å². The second kappa shape index (κ2) is 9.61. The molecule has 0 fully saturated rings. The van der Waals surface area contributed by atoms with Crippen LogP contribution in [0.5, 0.6) is 5.88 Å². The van der Waals surface area contributed by atoms with Crippen LogP contribution in [0.3, 0.4) is 0 Å². The molecule has 1 aromatic carbocycles. The lowest BCUT2D eigenvalue weighted by Gasteiger charge is -2.11. The van der Waals surface area contributed by atoms with E-state index in [0.717, 1.165) is 17.7 Å². The summed E-state index contributed by atoms with van der Waals surface area (Å²) in [6, 6.07) is 12.3. The zero-order chi connectivity index (χ0) is 25.1. The van der Waals surface area contributed by atoms with E-state index in [2.05, 4.69) is 25.3 Å². The molecule has 0 aliphatic carbocycles. The summed E-state index contributed by atoms with van der Waals surface area (Å²) in [6.07, 6.45) is 2.28. The van der Waals surface area contributed by atoms with Gasteiger partial charge in [-0.2, -0.15) is 13.2 Å². The third kappa shape index (κ3) is 4.95. The first kappa shape index (κ1) is 23.2. The Morgan fingerprint density at radius 3 is 2.44 bits per heavy atom. The van der Waals surface area contributed by atoms with Crippen molar-refractivity contribution in [3.8, 4) is 17.3 Å². The number of fused-ring (bicyclic) bond motifs is 1. The number of nitrogens with one attached hydrogen (secondary N) is 1. The third-order valence-electron chi connectivity index (χ3n) is 5.48. The molecule has 1 N–H and O–H groups in total. The van der Waals surface area contributed by atoms with Gasteiger partial charge in [-0.25, -0.2) is 19.9 Å². The lowest BCUT2D eigenvalue weighted by Crippen LogP contribution is -2.07. The first-order valence-corrected chi connectivity index (χ1v) is 10.9. The van der Waals surface area contributed by atoms with Gasteiger partial charge in [0, 0.05) is 36.8 Å². The lowest BCUT2D eigenvalue weighted by molar-refractivity contribution is -0.137. The molecule has 5 rings (SSSR count). The van der Waals surface area contributed by atoms with E-state index in [1.54, 1.807) is 41.6 Å². The molecule has 11 heteroatoms. The molecule has 0 spiro atoms. The number of hydrogen-bond donors (Lipinski definition) is 1. The smallest absolute Gasteiger partial charge is 0.416 e. The Labute approximate surface area is 203 Å². The number of anilines is 1. The molecule has 0 saturated carbocycles. The molecule has 5 aromatic rings. The molecule has 0 aliphatic heterocycles. The van der Waals surface area contributed by atoms with Gasteiger partial charge in [-0.3, -0.25) is 4.98 Å². The summed E-state index contributed by atoms with van der Waals surface area (Å²) in [6.45, 7) is 0.750. The molecule has 0 unspecified atom stereocenters. The quantitative estimate of drug-likeness (QED) is 0.344. The summed E-state index contributed by atoms with van der Waals surface area (Å²) >= 11 is 0. The number of alkyl halides is 3. The van der Waals surface area contributed by atoms with Crippen LogP contribution in [-0.2, 0) is 19.3 Å². The van der Waals surface area contributed by atoms with Crippen molar-refractivity contribution in [2.24, 2.45) is 0 Å². The molecule has 0 radical (unpaired) electrons. The summed E-state index contributed by atoms with van der Waals surface area (Å²) in [4.78, 5) is 22.2. The van der Waals surface area contributed by atoms with Gasteiger partial charge < -0.3 is 14.6 Å². The average molecular weight is 491 g/mol. The number of imidazole rings is 1. The molecular formula is C25H20F3N7O. The maximum atomic E-state index is 12.9. The molecular weight excluding hydrogens is 471 g/mol. The molecule has 8 nitrogen and oxygen atoms in total.